The summed E-state index contributed by atoms with van der Waals surface area (Å²) in [7, 11) is 0. The average molecular weight is 288 g/mol. The number of aryl methyl sites for hydroxylation is 2. The van der Waals surface area contributed by atoms with E-state index in [9.17, 15) is 9.59 Å². The molecule has 114 valence electrons. The van der Waals surface area contributed by atoms with Crippen LogP contribution in [0, 0.1) is 19.8 Å². The summed E-state index contributed by atoms with van der Waals surface area (Å²) in [6.45, 7) is 8.62. The largest absolute Gasteiger partial charge is 0.353 e. The third kappa shape index (κ3) is 3.43. The van der Waals surface area contributed by atoms with Crippen molar-refractivity contribution in [2.24, 2.45) is 5.92 Å². The van der Waals surface area contributed by atoms with Crippen molar-refractivity contribution in [3.8, 4) is 0 Å². The molecular formula is C17H24N2O2. The summed E-state index contributed by atoms with van der Waals surface area (Å²) < 4.78 is 0. The summed E-state index contributed by atoms with van der Waals surface area (Å²) in [5, 5.41) is 2.91. The molecule has 1 aromatic carbocycles. The van der Waals surface area contributed by atoms with Crippen LogP contribution in [0.15, 0.2) is 18.2 Å². The molecule has 0 aromatic heterocycles. The fraction of sp³-hybridized carbons (Fsp3) is 0.529. The molecule has 2 atom stereocenters. The van der Waals surface area contributed by atoms with E-state index in [2.05, 4.69) is 11.4 Å². The van der Waals surface area contributed by atoms with E-state index in [1.54, 1.807) is 4.90 Å². The van der Waals surface area contributed by atoms with Gasteiger partial charge in [0.05, 0.1) is 0 Å². The number of amides is 2. The Balaban J connectivity index is 2.12. The van der Waals surface area contributed by atoms with Crippen LogP contribution in [0.1, 0.15) is 37.8 Å². The van der Waals surface area contributed by atoms with Gasteiger partial charge in [-0.05, 0) is 56.9 Å². The summed E-state index contributed by atoms with van der Waals surface area (Å²) in [6.07, 6.45) is 1.46. The normalized spacial score (nSPS) is 19.7. The third-order valence-corrected chi connectivity index (χ3v) is 4.04. The molecular weight excluding hydrogens is 264 g/mol. The molecule has 2 unspecified atom stereocenters. The third-order valence-electron chi connectivity index (χ3n) is 4.04. The minimum Gasteiger partial charge on any atom is -0.353 e. The second kappa shape index (κ2) is 6.29. The van der Waals surface area contributed by atoms with Crippen molar-refractivity contribution in [1.29, 1.82) is 0 Å². The van der Waals surface area contributed by atoms with E-state index in [1.807, 2.05) is 39.8 Å². The first-order valence-corrected chi connectivity index (χ1v) is 7.62. The predicted molar refractivity (Wildman–Crippen MR) is 84.3 cm³/mol. The van der Waals surface area contributed by atoms with Gasteiger partial charge in [-0.25, -0.2) is 0 Å². The number of carbonyl (C=O) groups excluding carboxylic acids is 2. The van der Waals surface area contributed by atoms with Crippen molar-refractivity contribution < 1.29 is 9.59 Å². The number of hydrogen-bond acceptors (Lipinski definition) is 2. The number of carbonyl (C=O) groups is 2. The lowest BCUT2D eigenvalue weighted by molar-refractivity contribution is -0.132. The second-order valence-electron chi connectivity index (χ2n) is 5.99. The van der Waals surface area contributed by atoms with Gasteiger partial charge in [0.2, 0.25) is 11.8 Å². The smallest absolute Gasteiger partial charge is 0.239 e. The van der Waals surface area contributed by atoms with Gasteiger partial charge in [0.1, 0.15) is 5.92 Å². The van der Waals surface area contributed by atoms with Gasteiger partial charge < -0.3 is 10.2 Å². The molecule has 2 amide bonds. The molecule has 1 aromatic rings. The van der Waals surface area contributed by atoms with Crippen molar-refractivity contribution in [2.45, 2.75) is 46.6 Å². The fourth-order valence-corrected chi connectivity index (χ4v) is 2.73. The van der Waals surface area contributed by atoms with Crippen molar-refractivity contribution in [3.05, 3.63) is 29.3 Å². The molecule has 1 N–H and O–H groups in total. The standard InChI is InChI=1S/C17H24N2O2/c1-5-13(4)18-16(20)15-6-7-19(17(15)21)14-9-11(2)8-12(3)10-14/h8-10,13,15H,5-7H2,1-4H3,(H,18,20). The highest BCUT2D eigenvalue weighted by atomic mass is 16.2. The Morgan fingerprint density at radius 3 is 2.52 bits per heavy atom. The van der Waals surface area contributed by atoms with Gasteiger partial charge in [-0.15, -0.1) is 0 Å². The predicted octanol–water partition coefficient (Wildman–Crippen LogP) is 2.57. The molecule has 1 saturated heterocycles. The van der Waals surface area contributed by atoms with Crippen LogP contribution in [0.3, 0.4) is 0 Å². The highest BCUT2D eigenvalue weighted by Crippen LogP contribution is 2.27. The van der Waals surface area contributed by atoms with Gasteiger partial charge in [0.25, 0.3) is 0 Å². The van der Waals surface area contributed by atoms with Crippen LogP contribution in [0.2, 0.25) is 0 Å². The number of benzene rings is 1. The molecule has 21 heavy (non-hydrogen) atoms. The topological polar surface area (TPSA) is 49.4 Å². The summed E-state index contributed by atoms with van der Waals surface area (Å²) in [4.78, 5) is 26.4. The monoisotopic (exact) mass is 288 g/mol. The summed E-state index contributed by atoms with van der Waals surface area (Å²) in [5.74, 6) is -0.762. The van der Waals surface area contributed by atoms with Crippen LogP contribution in [0.4, 0.5) is 5.69 Å². The molecule has 4 heteroatoms. The maximum atomic E-state index is 12.5. The maximum Gasteiger partial charge on any atom is 0.239 e. The van der Waals surface area contributed by atoms with Crippen LogP contribution in [-0.2, 0) is 9.59 Å². The summed E-state index contributed by atoms with van der Waals surface area (Å²) >= 11 is 0. The lowest BCUT2D eigenvalue weighted by atomic mass is 10.1. The molecule has 1 aliphatic heterocycles. The number of nitrogens with one attached hydrogen (secondary N) is 1. The van der Waals surface area contributed by atoms with Gasteiger partial charge in [-0.1, -0.05) is 13.0 Å². The second-order valence-corrected chi connectivity index (χ2v) is 5.99. The Bertz CT molecular complexity index is 533. The van der Waals surface area contributed by atoms with Gasteiger partial charge >= 0.3 is 0 Å². The highest BCUT2D eigenvalue weighted by Gasteiger charge is 2.37. The number of hydrogen-bond donors (Lipinski definition) is 1. The molecule has 0 bridgehead atoms. The van der Waals surface area contributed by atoms with Crippen molar-refractivity contribution in [1.82, 2.24) is 5.32 Å². The first-order valence-electron chi connectivity index (χ1n) is 7.62. The molecule has 2 rings (SSSR count). The van der Waals surface area contributed by atoms with Crippen molar-refractivity contribution in [3.63, 3.8) is 0 Å². The summed E-state index contributed by atoms with van der Waals surface area (Å²) in [6, 6.07) is 6.19. The lowest BCUT2D eigenvalue weighted by Crippen LogP contribution is -2.40. The van der Waals surface area contributed by atoms with Gasteiger partial charge in [-0.3, -0.25) is 9.59 Å². The van der Waals surface area contributed by atoms with Gasteiger partial charge in [0, 0.05) is 18.3 Å². The zero-order valence-corrected chi connectivity index (χ0v) is 13.3. The van der Waals surface area contributed by atoms with Crippen LogP contribution >= 0.6 is 0 Å². The zero-order valence-electron chi connectivity index (χ0n) is 13.3. The average Bonchev–Trinajstić information content (AvgIpc) is 2.79. The lowest BCUT2D eigenvalue weighted by Gasteiger charge is -2.19. The summed E-state index contributed by atoms with van der Waals surface area (Å²) in [5.41, 5.74) is 3.16. The Morgan fingerprint density at radius 1 is 1.33 bits per heavy atom. The van der Waals surface area contributed by atoms with E-state index in [4.69, 9.17) is 0 Å². The van der Waals surface area contributed by atoms with Crippen LogP contribution < -0.4 is 10.2 Å². The fourth-order valence-electron chi connectivity index (χ4n) is 2.73. The Morgan fingerprint density at radius 2 is 1.95 bits per heavy atom. The Hall–Kier alpha value is -1.84. The Kier molecular flexibility index (Phi) is 4.66. The van der Waals surface area contributed by atoms with E-state index in [-0.39, 0.29) is 17.9 Å². The van der Waals surface area contributed by atoms with E-state index < -0.39 is 5.92 Å². The zero-order chi connectivity index (χ0) is 15.6. The maximum absolute atomic E-state index is 12.5. The molecule has 0 radical (unpaired) electrons. The molecule has 1 aliphatic rings. The van der Waals surface area contributed by atoms with E-state index in [0.29, 0.717) is 13.0 Å². The molecule has 0 aliphatic carbocycles. The molecule has 0 spiro atoms. The van der Waals surface area contributed by atoms with Crippen LogP contribution in [-0.4, -0.2) is 24.4 Å². The SMILES string of the molecule is CCC(C)NC(=O)C1CCN(c2cc(C)cc(C)c2)C1=O. The van der Waals surface area contributed by atoms with E-state index in [1.165, 1.54) is 0 Å². The molecule has 4 nitrogen and oxygen atoms in total. The van der Waals surface area contributed by atoms with Gasteiger partial charge in [-0.2, -0.15) is 0 Å². The molecule has 0 saturated carbocycles. The van der Waals surface area contributed by atoms with Gasteiger partial charge in [0.15, 0.2) is 0 Å². The number of anilines is 1. The van der Waals surface area contributed by atoms with Crippen molar-refractivity contribution >= 4 is 17.5 Å². The first kappa shape index (κ1) is 15.5. The highest BCUT2D eigenvalue weighted by molar-refractivity contribution is 6.09. The van der Waals surface area contributed by atoms with Crippen LogP contribution in [0.5, 0.6) is 0 Å². The van der Waals surface area contributed by atoms with E-state index >= 15 is 0 Å². The first-order chi connectivity index (χ1) is 9.92. The van der Waals surface area contributed by atoms with Crippen LogP contribution in [0.25, 0.3) is 0 Å². The minimum absolute atomic E-state index is 0.0826. The molecule has 1 heterocycles. The Labute approximate surface area is 126 Å². The minimum atomic E-state index is -0.542. The van der Waals surface area contributed by atoms with E-state index in [0.717, 1.165) is 23.2 Å². The van der Waals surface area contributed by atoms with Crippen molar-refractivity contribution in [2.75, 3.05) is 11.4 Å². The molecule has 1 fully saturated rings. The quantitative estimate of drug-likeness (QED) is 0.866. The number of nitrogens with zero attached hydrogens (tertiary/aromatic N) is 1. The number of rotatable bonds is 4.